The number of hydrogen-bond acceptors (Lipinski definition) is 8. The maximum absolute atomic E-state index is 12.6. The normalized spacial score (nSPS) is 21.5. The van der Waals surface area contributed by atoms with Crippen LogP contribution in [0, 0.1) is 0 Å². The molecule has 220 valence electrons. The molecule has 2 unspecified atom stereocenters. The number of nitrogens with two attached hydrogens (primary N) is 1. The van der Waals surface area contributed by atoms with Gasteiger partial charge in [-0.25, -0.2) is 10.3 Å². The molecule has 0 spiro atoms. The minimum Gasteiger partial charge on any atom is -0.383 e. The molecule has 1 aliphatic rings. The van der Waals surface area contributed by atoms with E-state index >= 15 is 0 Å². The summed E-state index contributed by atoms with van der Waals surface area (Å²) in [6.45, 7) is 7.11. The topological polar surface area (TPSA) is 110 Å². The van der Waals surface area contributed by atoms with Gasteiger partial charge in [0.05, 0.1) is 12.7 Å². The summed E-state index contributed by atoms with van der Waals surface area (Å²) in [5.41, 5.74) is 7.98. The fourth-order valence-corrected chi connectivity index (χ4v) is 4.94. The number of hydroxylamine groups is 1. The molecule has 0 aromatic carbocycles. The number of hydrogen-bond donors (Lipinski definition) is 2. The van der Waals surface area contributed by atoms with Gasteiger partial charge in [-0.3, -0.25) is 9.40 Å². The maximum Gasteiger partial charge on any atom is 0.351 e. The molecular weight excluding hydrogens is 484 g/mol. The molecule has 9 nitrogen and oxygen atoms in total. The first-order valence-electron chi connectivity index (χ1n) is 15.0. The number of ether oxygens (including phenoxy) is 3. The number of nitrogens with one attached hydrogen (secondary N) is 1. The fraction of sp³-hybridized carbons (Fsp3) is 0.862. The summed E-state index contributed by atoms with van der Waals surface area (Å²) in [4.78, 5) is 22.2. The number of nitrogen functional groups attached to an aromatic ring is 1. The molecule has 4 atom stereocenters. The molecule has 0 radical (unpaired) electrons. The summed E-state index contributed by atoms with van der Waals surface area (Å²) < 4.78 is 19.8. The second-order valence-electron chi connectivity index (χ2n) is 10.7. The van der Waals surface area contributed by atoms with Crippen LogP contribution in [0.1, 0.15) is 117 Å². The molecule has 0 bridgehead atoms. The van der Waals surface area contributed by atoms with Gasteiger partial charge in [0.25, 0.3) is 0 Å². The van der Waals surface area contributed by atoms with Gasteiger partial charge in [0.15, 0.2) is 6.23 Å². The highest BCUT2D eigenvalue weighted by atomic mass is 16.7. The average molecular weight is 539 g/mol. The van der Waals surface area contributed by atoms with E-state index < -0.39 is 30.2 Å². The average Bonchev–Trinajstić information content (AvgIpc) is 3.22. The lowest BCUT2D eigenvalue weighted by atomic mass is 10.0. The van der Waals surface area contributed by atoms with Gasteiger partial charge < -0.3 is 19.9 Å². The highest BCUT2D eigenvalue weighted by Crippen LogP contribution is 2.33. The van der Waals surface area contributed by atoms with Crippen LogP contribution in [0.4, 0.5) is 5.82 Å². The largest absolute Gasteiger partial charge is 0.383 e. The minimum absolute atomic E-state index is 0.0451. The van der Waals surface area contributed by atoms with E-state index in [1.807, 2.05) is 13.8 Å². The van der Waals surface area contributed by atoms with Crippen molar-refractivity contribution >= 4 is 5.82 Å². The molecule has 2 heterocycles. The molecule has 1 aromatic rings. The lowest BCUT2D eigenvalue weighted by Crippen LogP contribution is -2.42. The first-order valence-corrected chi connectivity index (χ1v) is 15.0. The quantitative estimate of drug-likeness (QED) is 0.146. The van der Waals surface area contributed by atoms with E-state index in [0.717, 1.165) is 12.8 Å². The number of aromatic nitrogens is 2. The minimum atomic E-state index is -0.679. The van der Waals surface area contributed by atoms with Gasteiger partial charge in [-0.2, -0.15) is 4.98 Å². The van der Waals surface area contributed by atoms with Crippen LogP contribution in [-0.4, -0.2) is 54.2 Å². The SMILES string of the molecule is CCCCCCCCCCCCCCCCOC1C(ONC)[C@@H](COC(C)C)O[C@H]1n1ccc(N)nc1=O. The van der Waals surface area contributed by atoms with Crippen LogP contribution in [0.25, 0.3) is 0 Å². The number of anilines is 1. The van der Waals surface area contributed by atoms with Crippen molar-refractivity contribution in [2.24, 2.45) is 0 Å². The zero-order valence-corrected chi connectivity index (χ0v) is 24.4. The van der Waals surface area contributed by atoms with Gasteiger partial charge in [-0.05, 0) is 26.3 Å². The predicted octanol–water partition coefficient (Wildman–Crippen LogP) is 5.53. The molecule has 9 heteroatoms. The van der Waals surface area contributed by atoms with Crippen molar-refractivity contribution in [3.05, 3.63) is 22.7 Å². The molecule has 1 aliphatic heterocycles. The Bertz CT molecular complexity index is 790. The van der Waals surface area contributed by atoms with Gasteiger partial charge >= 0.3 is 5.69 Å². The van der Waals surface area contributed by atoms with E-state index in [2.05, 4.69) is 17.4 Å². The Kier molecular flexibility index (Phi) is 16.8. The molecule has 0 amide bonds. The van der Waals surface area contributed by atoms with Gasteiger partial charge in [-0.1, -0.05) is 90.4 Å². The Hall–Kier alpha value is -1.52. The molecule has 3 N–H and O–H groups in total. The van der Waals surface area contributed by atoms with Crippen LogP contribution in [0.2, 0.25) is 0 Å². The third kappa shape index (κ3) is 12.1. The van der Waals surface area contributed by atoms with Crippen molar-refractivity contribution in [3.8, 4) is 0 Å². The van der Waals surface area contributed by atoms with Crippen molar-refractivity contribution in [1.82, 2.24) is 15.0 Å². The Morgan fingerprint density at radius 3 is 2.08 bits per heavy atom. The summed E-state index contributed by atoms with van der Waals surface area (Å²) >= 11 is 0. The standard InChI is InChI=1S/C29H54N4O5/c1-5-6-7-8-9-10-11-12-13-14-15-16-17-18-21-35-27-26(38-31-4)24(22-36-23(2)3)37-28(27)33-20-19-25(30)32-29(33)34/h19-20,23-24,26-28,31H,5-18,21-22H2,1-4H3,(H2,30,32,34)/t24-,26?,27?,28-/m1/s1. The van der Waals surface area contributed by atoms with Gasteiger partial charge in [0.1, 0.15) is 24.1 Å². The maximum atomic E-state index is 12.6. The summed E-state index contributed by atoms with van der Waals surface area (Å²) in [5.74, 6) is 0.173. The molecule has 1 saturated heterocycles. The van der Waals surface area contributed by atoms with Crippen LogP contribution < -0.4 is 16.9 Å². The molecule has 38 heavy (non-hydrogen) atoms. The van der Waals surface area contributed by atoms with Crippen molar-refractivity contribution in [3.63, 3.8) is 0 Å². The second-order valence-corrected chi connectivity index (χ2v) is 10.7. The van der Waals surface area contributed by atoms with Crippen LogP contribution in [0.5, 0.6) is 0 Å². The third-order valence-electron chi connectivity index (χ3n) is 7.07. The Labute approximate surface area is 230 Å². The van der Waals surface area contributed by atoms with Gasteiger partial charge in [0.2, 0.25) is 0 Å². The van der Waals surface area contributed by atoms with E-state index in [0.29, 0.717) is 13.2 Å². The van der Waals surface area contributed by atoms with Gasteiger partial charge in [0, 0.05) is 19.9 Å². The Balaban J connectivity index is 1.74. The molecule has 0 saturated carbocycles. The summed E-state index contributed by atoms with van der Waals surface area (Å²) in [6, 6.07) is 1.58. The zero-order valence-electron chi connectivity index (χ0n) is 24.4. The smallest absolute Gasteiger partial charge is 0.351 e. The van der Waals surface area contributed by atoms with Crippen LogP contribution in [0.3, 0.4) is 0 Å². The number of nitrogens with zero attached hydrogens (tertiary/aromatic N) is 2. The van der Waals surface area contributed by atoms with Crippen molar-refractivity contribution in [2.45, 2.75) is 141 Å². The predicted molar refractivity (Wildman–Crippen MR) is 152 cm³/mol. The van der Waals surface area contributed by atoms with Crippen molar-refractivity contribution in [2.75, 3.05) is 26.0 Å². The number of rotatable bonds is 22. The first-order chi connectivity index (χ1) is 18.5. The van der Waals surface area contributed by atoms with E-state index in [-0.39, 0.29) is 11.9 Å². The van der Waals surface area contributed by atoms with Crippen molar-refractivity contribution < 1.29 is 19.0 Å². The highest BCUT2D eigenvalue weighted by molar-refractivity contribution is 5.23. The monoisotopic (exact) mass is 538 g/mol. The lowest BCUT2D eigenvalue weighted by molar-refractivity contribution is -0.114. The van der Waals surface area contributed by atoms with Crippen LogP contribution >= 0.6 is 0 Å². The summed E-state index contributed by atoms with van der Waals surface area (Å²) in [7, 11) is 1.70. The number of unbranched alkanes of at least 4 members (excludes halogenated alkanes) is 13. The first kappa shape index (κ1) is 32.7. The van der Waals surface area contributed by atoms with Crippen LogP contribution in [0.15, 0.2) is 17.1 Å². The van der Waals surface area contributed by atoms with E-state index in [1.54, 1.807) is 19.3 Å². The summed E-state index contributed by atoms with van der Waals surface area (Å²) in [6.07, 6.45) is 17.9. The highest BCUT2D eigenvalue weighted by Gasteiger charge is 2.48. The molecule has 2 rings (SSSR count). The van der Waals surface area contributed by atoms with E-state index in [1.165, 1.54) is 81.6 Å². The Morgan fingerprint density at radius 2 is 1.55 bits per heavy atom. The van der Waals surface area contributed by atoms with Crippen LogP contribution in [-0.2, 0) is 19.0 Å². The molecular formula is C29H54N4O5. The lowest BCUT2D eigenvalue weighted by Gasteiger charge is -2.24. The van der Waals surface area contributed by atoms with Gasteiger partial charge in [-0.15, -0.1) is 0 Å². The summed E-state index contributed by atoms with van der Waals surface area (Å²) in [5, 5.41) is 0. The Morgan fingerprint density at radius 1 is 0.974 bits per heavy atom. The molecule has 1 aromatic heterocycles. The second kappa shape index (κ2) is 19.5. The molecule has 1 fully saturated rings. The third-order valence-corrected chi connectivity index (χ3v) is 7.07. The fourth-order valence-electron chi connectivity index (χ4n) is 4.94. The zero-order chi connectivity index (χ0) is 27.6. The van der Waals surface area contributed by atoms with Crippen molar-refractivity contribution in [1.29, 1.82) is 0 Å². The van der Waals surface area contributed by atoms with E-state index in [4.69, 9.17) is 24.8 Å². The molecule has 0 aliphatic carbocycles. The van der Waals surface area contributed by atoms with E-state index in [9.17, 15) is 4.79 Å².